The molecule has 0 radical (unpaired) electrons. The fourth-order valence-corrected chi connectivity index (χ4v) is 6.38. The highest BCUT2D eigenvalue weighted by Crippen LogP contribution is 2.18. The lowest BCUT2D eigenvalue weighted by molar-refractivity contribution is -0.0416. The molecular weight excluding hydrogens is 348 g/mol. The van der Waals surface area contributed by atoms with Crippen molar-refractivity contribution < 1.29 is 42.4 Å². The van der Waals surface area contributed by atoms with E-state index in [0.29, 0.717) is 0 Å². The first-order valence-corrected chi connectivity index (χ1v) is 11.1. The van der Waals surface area contributed by atoms with Gasteiger partial charge in [0.1, 0.15) is 0 Å². The smallest absolute Gasteiger partial charge is 0.355 e. The molecule has 0 aromatic carbocycles. The van der Waals surface area contributed by atoms with Crippen molar-refractivity contribution in [3.63, 3.8) is 0 Å². The Morgan fingerprint density at radius 3 is 1.29 bits per heavy atom. The van der Waals surface area contributed by atoms with Crippen molar-refractivity contribution in [1.29, 1.82) is 0 Å². The number of methoxy groups -OCH3 is 2. The molecule has 0 aromatic rings. The lowest BCUT2D eigenvalue weighted by atomic mass is 10.8. The Hall–Kier alpha value is -0.123. The molecule has 0 N–H and O–H groups in total. The summed E-state index contributed by atoms with van der Waals surface area (Å²) < 4.78 is 73.6. The van der Waals surface area contributed by atoms with E-state index >= 15 is 0 Å². The third kappa shape index (κ3) is 9.49. The van der Waals surface area contributed by atoms with Gasteiger partial charge in [-0.05, 0) is 26.9 Å². The summed E-state index contributed by atoms with van der Waals surface area (Å²) in [6.45, 7) is 5.00. The maximum atomic E-state index is 11.5. The molecule has 0 spiro atoms. The molecule has 0 amide bonds. The van der Waals surface area contributed by atoms with Crippen LogP contribution in [0.5, 0.6) is 0 Å². The van der Waals surface area contributed by atoms with Crippen LogP contribution in [0.2, 0.25) is 13.1 Å². The second kappa shape index (κ2) is 7.93. The maximum absolute atomic E-state index is 11.5. The molecule has 0 fully saturated rings. The van der Waals surface area contributed by atoms with Gasteiger partial charge >= 0.3 is 29.4 Å². The van der Waals surface area contributed by atoms with Crippen molar-refractivity contribution in [2.24, 2.45) is 0 Å². The summed E-state index contributed by atoms with van der Waals surface area (Å²) in [4.78, 5) is 0. The molecule has 0 saturated carbocycles. The van der Waals surface area contributed by atoms with Crippen LogP contribution in [0.3, 0.4) is 0 Å². The Morgan fingerprint density at radius 1 is 0.762 bits per heavy atom. The highest BCUT2D eigenvalue weighted by atomic mass is 32.3. The first-order valence-electron chi connectivity index (χ1n) is 5.66. The van der Waals surface area contributed by atoms with E-state index in [0.717, 1.165) is 0 Å². The summed E-state index contributed by atoms with van der Waals surface area (Å²) in [5, 5.41) is 0. The van der Waals surface area contributed by atoms with E-state index in [1.807, 2.05) is 0 Å². The van der Waals surface area contributed by atoms with Gasteiger partial charge in [0.2, 0.25) is 0 Å². The zero-order valence-electron chi connectivity index (χ0n) is 12.6. The first-order chi connectivity index (χ1) is 9.32. The lowest BCUT2D eigenvalue weighted by Crippen LogP contribution is -2.41. The maximum Gasteiger partial charge on any atom is 0.394 e. The fraction of sp³-hybridized carbons (Fsp3) is 1.00. The Balaban J connectivity index is 4.84. The fourth-order valence-electron chi connectivity index (χ4n) is 0.955. The molecule has 13 heteroatoms. The Kier molecular flexibility index (Phi) is 7.89. The topological polar surface area (TPSA) is 124 Å². The summed E-state index contributed by atoms with van der Waals surface area (Å²) in [7, 11) is -10.2. The summed E-state index contributed by atoms with van der Waals surface area (Å²) >= 11 is 0. The van der Waals surface area contributed by atoms with Crippen LogP contribution >= 0.6 is 0 Å². The van der Waals surface area contributed by atoms with Crippen LogP contribution in [-0.2, 0) is 46.4 Å². The molecule has 0 aliphatic rings. The molecule has 2 unspecified atom stereocenters. The normalized spacial score (nSPS) is 16.7. The average Bonchev–Trinajstić information content (AvgIpc) is 2.23. The minimum absolute atomic E-state index is 1.10. The zero-order chi connectivity index (χ0) is 16.9. The molecule has 0 bridgehead atoms. The van der Waals surface area contributed by atoms with Crippen LogP contribution in [0, 0.1) is 0 Å². The predicted molar refractivity (Wildman–Crippen MR) is 72.6 cm³/mol. The van der Waals surface area contributed by atoms with Gasteiger partial charge in [-0.2, -0.15) is 16.8 Å². The van der Waals surface area contributed by atoms with Gasteiger partial charge in [0.15, 0.2) is 12.6 Å². The predicted octanol–water partition coefficient (Wildman–Crippen LogP) is 0.229. The van der Waals surface area contributed by atoms with E-state index in [2.05, 4.69) is 25.6 Å². The van der Waals surface area contributed by atoms with Gasteiger partial charge < -0.3 is 9.47 Å². The second-order valence-electron chi connectivity index (χ2n) is 4.18. The van der Waals surface area contributed by atoms with Crippen LogP contribution in [-0.4, -0.2) is 52.2 Å². The monoisotopic (exact) mass is 368 g/mol. The number of hydrogen-bond acceptors (Lipinski definition) is 10. The summed E-state index contributed by atoms with van der Waals surface area (Å²) in [6.07, 6.45) is -2.19. The van der Waals surface area contributed by atoms with Gasteiger partial charge in [0, 0.05) is 14.2 Å². The van der Waals surface area contributed by atoms with E-state index in [1.165, 1.54) is 41.2 Å². The average molecular weight is 368 g/mol. The van der Waals surface area contributed by atoms with Gasteiger partial charge in [0.05, 0.1) is 0 Å². The van der Waals surface area contributed by atoms with Crippen molar-refractivity contribution in [3.8, 4) is 0 Å². The number of ether oxygens (including phenoxy) is 2. The van der Waals surface area contributed by atoms with Gasteiger partial charge in [-0.1, -0.05) is 0 Å². The van der Waals surface area contributed by atoms with Crippen molar-refractivity contribution in [3.05, 3.63) is 0 Å². The molecular formula is C8H20O10S2Si. The second-order valence-corrected chi connectivity index (χ2v) is 10.3. The summed E-state index contributed by atoms with van der Waals surface area (Å²) in [5.74, 6) is 0. The van der Waals surface area contributed by atoms with E-state index in [1.54, 1.807) is 0 Å². The van der Waals surface area contributed by atoms with Crippen molar-refractivity contribution in [2.45, 2.75) is 39.5 Å². The Labute approximate surface area is 126 Å². The minimum Gasteiger partial charge on any atom is -0.355 e. The van der Waals surface area contributed by atoms with Crippen LogP contribution < -0.4 is 0 Å². The first kappa shape index (κ1) is 20.9. The summed E-state index contributed by atoms with van der Waals surface area (Å²) in [6, 6.07) is 0. The Bertz CT molecular complexity index is 467. The highest BCUT2D eigenvalue weighted by molar-refractivity contribution is 7.84. The van der Waals surface area contributed by atoms with Crippen molar-refractivity contribution in [2.75, 3.05) is 14.2 Å². The van der Waals surface area contributed by atoms with E-state index < -0.39 is 41.9 Å². The van der Waals surface area contributed by atoms with Crippen LogP contribution in [0.15, 0.2) is 0 Å². The molecule has 10 nitrogen and oxygen atoms in total. The summed E-state index contributed by atoms with van der Waals surface area (Å²) in [5.41, 5.74) is 0. The van der Waals surface area contributed by atoms with Crippen molar-refractivity contribution >= 4 is 29.4 Å². The van der Waals surface area contributed by atoms with Gasteiger partial charge in [-0.3, -0.25) is 7.74 Å². The van der Waals surface area contributed by atoms with E-state index in [-0.39, 0.29) is 0 Å². The third-order valence-corrected chi connectivity index (χ3v) is 7.63. The van der Waals surface area contributed by atoms with Crippen LogP contribution in [0.4, 0.5) is 0 Å². The molecule has 21 heavy (non-hydrogen) atoms. The number of rotatable bonds is 10. The molecule has 0 aromatic heterocycles. The largest absolute Gasteiger partial charge is 0.394 e. The van der Waals surface area contributed by atoms with Crippen LogP contribution in [0.25, 0.3) is 0 Å². The van der Waals surface area contributed by atoms with Crippen molar-refractivity contribution in [1.82, 2.24) is 0 Å². The molecule has 0 heterocycles. The molecule has 0 rings (SSSR count). The lowest BCUT2D eigenvalue weighted by Gasteiger charge is -2.22. The van der Waals surface area contributed by atoms with Gasteiger partial charge in [0.25, 0.3) is 0 Å². The molecule has 0 aliphatic heterocycles. The molecule has 2 atom stereocenters. The SMILES string of the molecule is COC(C)OS(=O)(=O)O[Si](C)(C)OS(=O)(=O)OC(C)OC. The standard InChI is InChI=1S/C8H20O10S2Si/c1-7(13-3)15-19(9,10)17-21(5,6)18-20(11,12)16-8(2)14-4/h7-8H,1-6H3. The minimum atomic E-state index is -4.50. The van der Waals surface area contributed by atoms with Crippen LogP contribution in [0.1, 0.15) is 13.8 Å². The Morgan fingerprint density at radius 2 is 1.05 bits per heavy atom. The number of hydrogen-bond donors (Lipinski definition) is 0. The van der Waals surface area contributed by atoms with E-state index in [9.17, 15) is 16.8 Å². The van der Waals surface area contributed by atoms with Gasteiger partial charge in [-0.15, -0.1) is 0 Å². The van der Waals surface area contributed by atoms with E-state index in [4.69, 9.17) is 0 Å². The van der Waals surface area contributed by atoms with Gasteiger partial charge in [-0.25, -0.2) is 8.37 Å². The highest BCUT2D eigenvalue weighted by Gasteiger charge is 2.39. The quantitative estimate of drug-likeness (QED) is 0.391. The zero-order valence-corrected chi connectivity index (χ0v) is 15.2. The molecule has 128 valence electrons. The molecule has 0 saturated heterocycles. The third-order valence-electron chi connectivity index (χ3n) is 1.78. The molecule has 0 aliphatic carbocycles.